The second-order valence-corrected chi connectivity index (χ2v) is 4.94. The summed E-state index contributed by atoms with van der Waals surface area (Å²) in [6.07, 6.45) is 4.38. The average Bonchev–Trinajstić information content (AvgIpc) is 2.81. The van der Waals surface area contributed by atoms with Crippen LogP contribution in [0.25, 0.3) is 0 Å². The molecule has 0 spiro atoms. The van der Waals surface area contributed by atoms with E-state index in [4.69, 9.17) is 5.73 Å². The van der Waals surface area contributed by atoms with E-state index in [9.17, 15) is 0 Å². The molecule has 17 heavy (non-hydrogen) atoms. The summed E-state index contributed by atoms with van der Waals surface area (Å²) in [5.74, 6) is 1.07. The number of nitrogens with two attached hydrogens (primary N) is 1. The number of anilines is 1. The minimum Gasteiger partial charge on any atom is -0.399 e. The minimum atomic E-state index is 0.473. The Morgan fingerprint density at radius 1 is 1.24 bits per heavy atom. The number of nitrogen functional groups attached to an aromatic ring is 1. The van der Waals surface area contributed by atoms with Crippen LogP contribution in [0.5, 0.6) is 0 Å². The first-order valence-electron chi connectivity index (χ1n) is 6.14. The van der Waals surface area contributed by atoms with Crippen molar-refractivity contribution >= 4 is 5.69 Å². The SMILES string of the molecule is C[C@H]1CC[C@H](c2ccc(N)cc2)c2cn[nH]c21. The van der Waals surface area contributed by atoms with Gasteiger partial charge in [0.2, 0.25) is 0 Å². The molecular formula is C14H17N3. The number of aromatic nitrogens is 2. The normalized spacial score (nSPS) is 23.4. The molecular weight excluding hydrogens is 210 g/mol. The van der Waals surface area contributed by atoms with E-state index < -0.39 is 0 Å². The Labute approximate surface area is 101 Å². The van der Waals surface area contributed by atoms with Gasteiger partial charge in [-0.1, -0.05) is 19.1 Å². The molecule has 0 fully saturated rings. The molecule has 0 aliphatic heterocycles. The number of aromatic amines is 1. The first-order valence-corrected chi connectivity index (χ1v) is 6.14. The van der Waals surface area contributed by atoms with Crippen molar-refractivity contribution in [3.05, 3.63) is 47.3 Å². The predicted molar refractivity (Wildman–Crippen MR) is 68.9 cm³/mol. The number of fused-ring (bicyclic) bond motifs is 1. The van der Waals surface area contributed by atoms with Crippen molar-refractivity contribution in [3.8, 4) is 0 Å². The summed E-state index contributed by atoms with van der Waals surface area (Å²) in [5, 5.41) is 7.34. The van der Waals surface area contributed by atoms with Gasteiger partial charge in [0, 0.05) is 22.9 Å². The molecule has 0 radical (unpaired) electrons. The average molecular weight is 227 g/mol. The van der Waals surface area contributed by atoms with Gasteiger partial charge in [-0.15, -0.1) is 0 Å². The summed E-state index contributed by atoms with van der Waals surface area (Å²) in [4.78, 5) is 0. The van der Waals surface area contributed by atoms with Crippen molar-refractivity contribution < 1.29 is 0 Å². The fourth-order valence-corrected chi connectivity index (χ4v) is 2.77. The molecule has 88 valence electrons. The first kappa shape index (κ1) is 10.4. The fraction of sp³-hybridized carbons (Fsp3) is 0.357. The molecule has 0 saturated carbocycles. The molecule has 2 atom stereocenters. The second-order valence-electron chi connectivity index (χ2n) is 4.94. The van der Waals surface area contributed by atoms with Crippen molar-refractivity contribution in [2.45, 2.75) is 31.6 Å². The predicted octanol–water partition coefficient (Wildman–Crippen LogP) is 3.02. The van der Waals surface area contributed by atoms with E-state index in [1.54, 1.807) is 0 Å². The first-order chi connectivity index (χ1) is 8.25. The molecule has 0 unspecified atom stereocenters. The van der Waals surface area contributed by atoms with E-state index in [1.807, 2.05) is 18.3 Å². The van der Waals surface area contributed by atoms with Crippen LogP contribution in [-0.4, -0.2) is 10.2 Å². The number of rotatable bonds is 1. The molecule has 0 saturated heterocycles. The number of nitrogens with one attached hydrogen (secondary N) is 1. The van der Waals surface area contributed by atoms with Gasteiger partial charge in [0.05, 0.1) is 6.20 Å². The van der Waals surface area contributed by atoms with Crippen molar-refractivity contribution in [2.24, 2.45) is 0 Å². The lowest BCUT2D eigenvalue weighted by Gasteiger charge is -2.26. The Kier molecular flexibility index (Phi) is 2.39. The molecule has 2 aromatic rings. The molecule has 3 rings (SSSR count). The monoisotopic (exact) mass is 227 g/mol. The summed E-state index contributed by atoms with van der Waals surface area (Å²) >= 11 is 0. The topological polar surface area (TPSA) is 54.7 Å². The molecule has 1 aromatic heterocycles. The maximum Gasteiger partial charge on any atom is 0.0528 e. The van der Waals surface area contributed by atoms with Crippen molar-refractivity contribution in [1.82, 2.24) is 10.2 Å². The van der Waals surface area contributed by atoms with Crippen LogP contribution in [0.2, 0.25) is 0 Å². The van der Waals surface area contributed by atoms with Crippen LogP contribution in [-0.2, 0) is 0 Å². The van der Waals surface area contributed by atoms with Crippen LogP contribution in [0, 0.1) is 0 Å². The van der Waals surface area contributed by atoms with Gasteiger partial charge in [0.1, 0.15) is 0 Å². The van der Waals surface area contributed by atoms with E-state index in [0.29, 0.717) is 11.8 Å². The lowest BCUT2D eigenvalue weighted by Crippen LogP contribution is -2.12. The smallest absolute Gasteiger partial charge is 0.0528 e. The highest BCUT2D eigenvalue weighted by Gasteiger charge is 2.27. The van der Waals surface area contributed by atoms with Crippen LogP contribution in [0.4, 0.5) is 5.69 Å². The Balaban J connectivity index is 2.01. The maximum absolute atomic E-state index is 5.73. The Morgan fingerprint density at radius 2 is 2.00 bits per heavy atom. The van der Waals surface area contributed by atoms with E-state index in [2.05, 4.69) is 29.3 Å². The fourth-order valence-electron chi connectivity index (χ4n) is 2.77. The van der Waals surface area contributed by atoms with Crippen LogP contribution in [0.1, 0.15) is 48.4 Å². The Bertz CT molecular complexity index is 513. The quantitative estimate of drug-likeness (QED) is 0.736. The van der Waals surface area contributed by atoms with Gasteiger partial charge >= 0.3 is 0 Å². The third-order valence-electron chi connectivity index (χ3n) is 3.80. The van der Waals surface area contributed by atoms with Gasteiger partial charge in [-0.2, -0.15) is 5.10 Å². The zero-order valence-corrected chi connectivity index (χ0v) is 9.98. The number of H-pyrrole nitrogens is 1. The van der Waals surface area contributed by atoms with Gasteiger partial charge in [-0.3, -0.25) is 5.10 Å². The lowest BCUT2D eigenvalue weighted by atomic mass is 9.78. The standard InChI is InChI=1S/C14H17N3/c1-9-2-7-12(13-8-16-17-14(9)13)10-3-5-11(15)6-4-10/h3-6,8-9,12H,2,7,15H2,1H3,(H,16,17)/t9-,12+/m0/s1. The molecule has 0 amide bonds. The van der Waals surface area contributed by atoms with Crippen molar-refractivity contribution in [1.29, 1.82) is 0 Å². The molecule has 1 aromatic carbocycles. The summed E-state index contributed by atoms with van der Waals surface area (Å²) in [6, 6.07) is 8.22. The highest BCUT2D eigenvalue weighted by Crippen LogP contribution is 2.40. The van der Waals surface area contributed by atoms with E-state index in [0.717, 1.165) is 5.69 Å². The van der Waals surface area contributed by atoms with Crippen molar-refractivity contribution in [2.75, 3.05) is 5.73 Å². The summed E-state index contributed by atoms with van der Waals surface area (Å²) in [6.45, 7) is 2.26. The molecule has 0 bridgehead atoms. The van der Waals surface area contributed by atoms with Crippen LogP contribution >= 0.6 is 0 Å². The van der Waals surface area contributed by atoms with Gasteiger partial charge in [0.15, 0.2) is 0 Å². The third kappa shape index (κ3) is 1.71. The molecule has 1 heterocycles. The maximum atomic E-state index is 5.73. The summed E-state index contributed by atoms with van der Waals surface area (Å²) < 4.78 is 0. The molecule has 1 aliphatic carbocycles. The van der Waals surface area contributed by atoms with Gasteiger partial charge < -0.3 is 5.73 Å². The van der Waals surface area contributed by atoms with Crippen LogP contribution in [0.15, 0.2) is 30.5 Å². The van der Waals surface area contributed by atoms with Crippen LogP contribution in [0.3, 0.4) is 0 Å². The summed E-state index contributed by atoms with van der Waals surface area (Å²) in [7, 11) is 0. The van der Waals surface area contributed by atoms with Crippen LogP contribution < -0.4 is 5.73 Å². The lowest BCUT2D eigenvalue weighted by molar-refractivity contribution is 0.537. The van der Waals surface area contributed by atoms with Gasteiger partial charge in [-0.25, -0.2) is 0 Å². The largest absolute Gasteiger partial charge is 0.399 e. The molecule has 3 heteroatoms. The number of nitrogens with zero attached hydrogens (tertiary/aromatic N) is 1. The Hall–Kier alpha value is -1.77. The zero-order valence-electron chi connectivity index (χ0n) is 9.98. The summed E-state index contributed by atoms with van der Waals surface area (Å²) in [5.41, 5.74) is 10.6. The third-order valence-corrected chi connectivity index (χ3v) is 3.80. The number of hydrogen-bond donors (Lipinski definition) is 2. The second kappa shape index (κ2) is 3.91. The van der Waals surface area contributed by atoms with Gasteiger partial charge in [-0.05, 0) is 36.5 Å². The Morgan fingerprint density at radius 3 is 2.76 bits per heavy atom. The molecule has 1 aliphatic rings. The van der Waals surface area contributed by atoms with Crippen molar-refractivity contribution in [3.63, 3.8) is 0 Å². The highest BCUT2D eigenvalue weighted by atomic mass is 15.1. The minimum absolute atomic E-state index is 0.473. The van der Waals surface area contributed by atoms with E-state index in [1.165, 1.54) is 29.7 Å². The number of hydrogen-bond acceptors (Lipinski definition) is 2. The van der Waals surface area contributed by atoms with E-state index >= 15 is 0 Å². The van der Waals surface area contributed by atoms with Gasteiger partial charge in [0.25, 0.3) is 0 Å². The zero-order chi connectivity index (χ0) is 11.8. The van der Waals surface area contributed by atoms with E-state index in [-0.39, 0.29) is 0 Å². The molecule has 3 N–H and O–H groups in total. The highest BCUT2D eigenvalue weighted by molar-refractivity contribution is 5.44. The number of benzene rings is 1. The molecule has 3 nitrogen and oxygen atoms in total.